The first-order chi connectivity index (χ1) is 12.8. The van der Waals surface area contributed by atoms with E-state index in [1.165, 1.54) is 16.3 Å². The van der Waals surface area contributed by atoms with Gasteiger partial charge in [-0.25, -0.2) is 0 Å². The summed E-state index contributed by atoms with van der Waals surface area (Å²) in [5.74, 6) is 0. The zero-order chi connectivity index (χ0) is 17.5. The van der Waals surface area contributed by atoms with Crippen LogP contribution in [0.5, 0.6) is 0 Å². The number of oxazole rings is 1. The predicted octanol–water partition coefficient (Wildman–Crippen LogP) is 6.97. The first kappa shape index (κ1) is 15.2. The molecule has 0 N–H and O–H groups in total. The Morgan fingerprint density at radius 3 is 2.35 bits per heavy atom. The van der Waals surface area contributed by atoms with Gasteiger partial charge in [0.25, 0.3) is 5.35 Å². The van der Waals surface area contributed by atoms with Gasteiger partial charge in [0.05, 0.1) is 0 Å². The fraction of sp³-hybridized carbons (Fsp3) is 0. The van der Waals surface area contributed by atoms with E-state index in [1.54, 1.807) is 0 Å². The van der Waals surface area contributed by atoms with Gasteiger partial charge in [0, 0.05) is 5.56 Å². The molecule has 0 amide bonds. The summed E-state index contributed by atoms with van der Waals surface area (Å²) in [5.41, 5.74) is 5.90. The molecule has 0 aliphatic rings. The lowest BCUT2D eigenvalue weighted by Gasteiger charge is -2.08. The van der Waals surface area contributed by atoms with Crippen molar-refractivity contribution in [2.45, 2.75) is 0 Å². The third kappa shape index (κ3) is 2.56. The van der Waals surface area contributed by atoms with Crippen LogP contribution in [0.15, 0.2) is 89.3 Å². The zero-order valence-corrected chi connectivity index (χ0v) is 14.6. The molecule has 1 heterocycles. The fourth-order valence-electron chi connectivity index (χ4n) is 3.38. The minimum absolute atomic E-state index is 0.165. The molecule has 26 heavy (non-hydrogen) atoms. The Kier molecular flexibility index (Phi) is 3.51. The first-order valence-electron chi connectivity index (χ1n) is 8.43. The molecule has 0 aliphatic carbocycles. The molecule has 0 unspecified atom stereocenters. The van der Waals surface area contributed by atoms with Crippen molar-refractivity contribution in [3.63, 3.8) is 0 Å². The molecule has 0 bridgehead atoms. The van der Waals surface area contributed by atoms with Crippen molar-refractivity contribution < 1.29 is 4.42 Å². The molecular formula is C23H14ClNO. The topological polar surface area (TPSA) is 26.0 Å². The number of aromatic nitrogens is 1. The van der Waals surface area contributed by atoms with E-state index in [-0.39, 0.29) is 5.35 Å². The molecule has 4 aromatic carbocycles. The van der Waals surface area contributed by atoms with Gasteiger partial charge in [0.15, 0.2) is 5.58 Å². The highest BCUT2D eigenvalue weighted by atomic mass is 35.5. The maximum absolute atomic E-state index is 5.95. The van der Waals surface area contributed by atoms with Gasteiger partial charge in [-0.05, 0) is 57.3 Å². The Hall–Kier alpha value is -3.10. The fourth-order valence-corrected chi connectivity index (χ4v) is 3.55. The minimum atomic E-state index is 0.165. The molecule has 0 saturated heterocycles. The lowest BCUT2D eigenvalue weighted by atomic mass is 9.97. The number of hydrogen-bond acceptors (Lipinski definition) is 2. The highest BCUT2D eigenvalue weighted by Crippen LogP contribution is 2.33. The quantitative estimate of drug-likeness (QED) is 0.342. The smallest absolute Gasteiger partial charge is 0.293 e. The maximum Gasteiger partial charge on any atom is 0.293 e. The summed E-state index contributed by atoms with van der Waals surface area (Å²) >= 11 is 5.95. The Bertz CT molecular complexity index is 1260. The van der Waals surface area contributed by atoms with Crippen LogP contribution in [0.2, 0.25) is 5.35 Å². The van der Waals surface area contributed by atoms with E-state index >= 15 is 0 Å². The van der Waals surface area contributed by atoms with Gasteiger partial charge in [0.2, 0.25) is 0 Å². The molecule has 0 spiro atoms. The summed E-state index contributed by atoms with van der Waals surface area (Å²) in [6.45, 7) is 0. The number of nitrogens with zero attached hydrogens (tertiary/aromatic N) is 1. The van der Waals surface area contributed by atoms with Gasteiger partial charge in [0.1, 0.15) is 5.52 Å². The Labute approximate surface area is 155 Å². The second-order valence-electron chi connectivity index (χ2n) is 6.26. The standard InChI is InChI=1S/C23H14ClNO/c24-23-25-21-10-4-9-20(22(21)26-23)19-8-3-7-17(14-19)18-12-11-15-5-1-2-6-16(15)13-18/h1-14H. The summed E-state index contributed by atoms with van der Waals surface area (Å²) in [4.78, 5) is 4.21. The van der Waals surface area contributed by atoms with Crippen LogP contribution in [0.4, 0.5) is 0 Å². The van der Waals surface area contributed by atoms with E-state index in [0.29, 0.717) is 5.58 Å². The van der Waals surface area contributed by atoms with Crippen LogP contribution >= 0.6 is 11.6 Å². The number of para-hydroxylation sites is 1. The lowest BCUT2D eigenvalue weighted by molar-refractivity contribution is 0.605. The molecule has 5 rings (SSSR count). The molecule has 0 fully saturated rings. The summed E-state index contributed by atoms with van der Waals surface area (Å²) in [5, 5.41) is 2.64. The summed E-state index contributed by atoms with van der Waals surface area (Å²) in [6.07, 6.45) is 0. The van der Waals surface area contributed by atoms with E-state index in [0.717, 1.165) is 22.2 Å². The van der Waals surface area contributed by atoms with Crippen molar-refractivity contribution in [2.24, 2.45) is 0 Å². The minimum Gasteiger partial charge on any atom is -0.427 e. The molecule has 0 radical (unpaired) electrons. The molecule has 1 aromatic heterocycles. The Morgan fingerprint density at radius 2 is 1.42 bits per heavy atom. The number of halogens is 1. The summed E-state index contributed by atoms with van der Waals surface area (Å²) < 4.78 is 5.61. The first-order valence-corrected chi connectivity index (χ1v) is 8.80. The molecule has 0 saturated carbocycles. The summed E-state index contributed by atoms with van der Waals surface area (Å²) in [6, 6.07) is 29.3. The van der Waals surface area contributed by atoms with Crippen molar-refractivity contribution in [1.82, 2.24) is 4.98 Å². The third-order valence-corrected chi connectivity index (χ3v) is 4.81. The van der Waals surface area contributed by atoms with Crippen molar-refractivity contribution in [1.29, 1.82) is 0 Å². The van der Waals surface area contributed by atoms with Crippen molar-refractivity contribution >= 4 is 33.5 Å². The predicted molar refractivity (Wildman–Crippen MR) is 107 cm³/mol. The number of benzene rings is 4. The highest BCUT2D eigenvalue weighted by molar-refractivity contribution is 6.28. The molecular weight excluding hydrogens is 342 g/mol. The van der Waals surface area contributed by atoms with Crippen LogP contribution in [-0.2, 0) is 0 Å². The number of fused-ring (bicyclic) bond motifs is 2. The van der Waals surface area contributed by atoms with Crippen LogP contribution in [0.25, 0.3) is 44.1 Å². The summed E-state index contributed by atoms with van der Waals surface area (Å²) in [7, 11) is 0. The van der Waals surface area contributed by atoms with Gasteiger partial charge in [-0.2, -0.15) is 4.98 Å². The normalized spacial score (nSPS) is 11.3. The van der Waals surface area contributed by atoms with Crippen molar-refractivity contribution in [3.8, 4) is 22.3 Å². The van der Waals surface area contributed by atoms with Gasteiger partial charge >= 0.3 is 0 Å². The Morgan fingerprint density at radius 1 is 0.654 bits per heavy atom. The SMILES string of the molecule is Clc1nc2cccc(-c3cccc(-c4ccc5ccccc5c4)c3)c2o1. The molecule has 0 aliphatic heterocycles. The van der Waals surface area contributed by atoms with E-state index in [4.69, 9.17) is 16.0 Å². The molecule has 2 nitrogen and oxygen atoms in total. The Balaban J connectivity index is 1.66. The van der Waals surface area contributed by atoms with E-state index in [1.807, 2.05) is 18.2 Å². The van der Waals surface area contributed by atoms with E-state index in [9.17, 15) is 0 Å². The van der Waals surface area contributed by atoms with Crippen molar-refractivity contribution in [3.05, 3.63) is 90.3 Å². The van der Waals surface area contributed by atoms with Gasteiger partial charge in [-0.1, -0.05) is 66.7 Å². The number of rotatable bonds is 2. The van der Waals surface area contributed by atoms with Crippen LogP contribution in [0.3, 0.4) is 0 Å². The van der Waals surface area contributed by atoms with Gasteiger partial charge in [-0.15, -0.1) is 0 Å². The lowest BCUT2D eigenvalue weighted by Crippen LogP contribution is -1.83. The van der Waals surface area contributed by atoms with E-state index < -0.39 is 0 Å². The highest BCUT2D eigenvalue weighted by Gasteiger charge is 2.11. The van der Waals surface area contributed by atoms with Gasteiger partial charge < -0.3 is 4.42 Å². The zero-order valence-electron chi connectivity index (χ0n) is 13.8. The molecule has 0 atom stereocenters. The molecule has 5 aromatic rings. The van der Waals surface area contributed by atoms with Crippen LogP contribution in [0.1, 0.15) is 0 Å². The third-order valence-electron chi connectivity index (χ3n) is 4.65. The van der Waals surface area contributed by atoms with Crippen LogP contribution in [0, 0.1) is 0 Å². The van der Waals surface area contributed by atoms with Crippen LogP contribution in [-0.4, -0.2) is 4.98 Å². The molecule has 3 heteroatoms. The van der Waals surface area contributed by atoms with E-state index in [2.05, 4.69) is 71.7 Å². The second kappa shape index (κ2) is 6.01. The monoisotopic (exact) mass is 355 g/mol. The largest absolute Gasteiger partial charge is 0.427 e. The maximum atomic E-state index is 5.95. The average molecular weight is 356 g/mol. The van der Waals surface area contributed by atoms with Crippen LogP contribution < -0.4 is 0 Å². The van der Waals surface area contributed by atoms with Gasteiger partial charge in [-0.3, -0.25) is 0 Å². The molecule has 124 valence electrons. The average Bonchev–Trinajstić information content (AvgIpc) is 3.08. The second-order valence-corrected chi connectivity index (χ2v) is 6.59. The number of hydrogen-bond donors (Lipinski definition) is 0. The van der Waals surface area contributed by atoms with Crippen molar-refractivity contribution in [2.75, 3.05) is 0 Å².